The highest BCUT2D eigenvalue weighted by atomic mass is 32.1. The van der Waals surface area contributed by atoms with Gasteiger partial charge in [-0.15, -0.1) is 11.3 Å². The van der Waals surface area contributed by atoms with Gasteiger partial charge in [-0.3, -0.25) is 4.90 Å². The van der Waals surface area contributed by atoms with Gasteiger partial charge < -0.3 is 10.1 Å². The number of likely N-dealkylation sites (tertiary alicyclic amines) is 1. The minimum atomic E-state index is 0.843. The van der Waals surface area contributed by atoms with Crippen molar-refractivity contribution in [1.29, 1.82) is 0 Å². The van der Waals surface area contributed by atoms with E-state index in [2.05, 4.69) is 36.2 Å². The Kier molecular flexibility index (Phi) is 5.78. The fourth-order valence-corrected chi connectivity index (χ4v) is 4.80. The van der Waals surface area contributed by atoms with Crippen molar-refractivity contribution < 1.29 is 4.74 Å². The predicted octanol–water partition coefficient (Wildman–Crippen LogP) is 4.57. The number of aryl methyl sites for hydroxylation is 2. The molecule has 0 radical (unpaired) electrons. The Labute approximate surface area is 170 Å². The minimum absolute atomic E-state index is 0.843. The van der Waals surface area contributed by atoms with E-state index in [0.29, 0.717) is 0 Å². The molecule has 4 rings (SSSR count). The van der Waals surface area contributed by atoms with Crippen LogP contribution in [0.1, 0.15) is 34.7 Å². The Morgan fingerprint density at radius 1 is 1.11 bits per heavy atom. The van der Waals surface area contributed by atoms with E-state index in [0.717, 1.165) is 54.8 Å². The number of fused-ring (bicyclic) bond motifs is 1. The fourth-order valence-electron chi connectivity index (χ4n) is 3.75. The Morgan fingerprint density at radius 2 is 1.86 bits per heavy atom. The largest absolute Gasteiger partial charge is 0.497 e. The smallest absolute Gasteiger partial charge is 0.146 e. The SMILES string of the molecule is COc1ccc(CCNc2nc(CN3CCCC3)nc3sc(C)c(C)c23)cc1. The van der Waals surface area contributed by atoms with Crippen molar-refractivity contribution in [2.45, 2.75) is 39.7 Å². The molecule has 0 spiro atoms. The number of anilines is 1. The van der Waals surface area contributed by atoms with Crippen LogP contribution in [0.25, 0.3) is 10.2 Å². The zero-order chi connectivity index (χ0) is 19.5. The van der Waals surface area contributed by atoms with Crippen LogP contribution < -0.4 is 10.1 Å². The average molecular weight is 397 g/mol. The number of methoxy groups -OCH3 is 1. The van der Waals surface area contributed by atoms with Crippen molar-refractivity contribution in [3.63, 3.8) is 0 Å². The quantitative estimate of drug-likeness (QED) is 0.634. The van der Waals surface area contributed by atoms with Crippen LogP contribution in [0.2, 0.25) is 0 Å². The van der Waals surface area contributed by atoms with Crippen molar-refractivity contribution in [3.8, 4) is 5.75 Å². The lowest BCUT2D eigenvalue weighted by Gasteiger charge is -2.15. The Bertz CT molecular complexity index is 945. The molecule has 1 aliphatic heterocycles. The van der Waals surface area contributed by atoms with E-state index >= 15 is 0 Å². The van der Waals surface area contributed by atoms with E-state index in [4.69, 9.17) is 14.7 Å². The van der Waals surface area contributed by atoms with Crippen molar-refractivity contribution in [2.75, 3.05) is 32.1 Å². The summed E-state index contributed by atoms with van der Waals surface area (Å²) in [5, 5.41) is 4.77. The van der Waals surface area contributed by atoms with Crippen LogP contribution in [0, 0.1) is 13.8 Å². The van der Waals surface area contributed by atoms with Crippen LogP contribution in [0.3, 0.4) is 0 Å². The molecule has 0 bridgehead atoms. The molecular weight excluding hydrogens is 368 g/mol. The van der Waals surface area contributed by atoms with E-state index < -0.39 is 0 Å². The molecule has 0 atom stereocenters. The second-order valence-corrected chi connectivity index (χ2v) is 8.66. The van der Waals surface area contributed by atoms with Gasteiger partial charge in [0.15, 0.2) is 0 Å². The molecule has 3 aromatic rings. The zero-order valence-electron chi connectivity index (χ0n) is 16.9. The van der Waals surface area contributed by atoms with E-state index in [1.165, 1.54) is 34.2 Å². The van der Waals surface area contributed by atoms with Crippen LogP contribution in [0.5, 0.6) is 5.75 Å². The molecule has 2 aromatic heterocycles. The monoisotopic (exact) mass is 396 g/mol. The molecule has 148 valence electrons. The van der Waals surface area contributed by atoms with Crippen LogP contribution in [0.15, 0.2) is 24.3 Å². The lowest BCUT2D eigenvalue weighted by atomic mass is 10.1. The summed E-state index contributed by atoms with van der Waals surface area (Å²) < 4.78 is 5.24. The van der Waals surface area contributed by atoms with Crippen molar-refractivity contribution in [2.24, 2.45) is 0 Å². The van der Waals surface area contributed by atoms with Crippen LogP contribution in [-0.4, -0.2) is 41.6 Å². The first-order valence-electron chi connectivity index (χ1n) is 10.00. The van der Waals surface area contributed by atoms with Crippen LogP contribution >= 0.6 is 11.3 Å². The predicted molar refractivity (Wildman–Crippen MR) is 117 cm³/mol. The summed E-state index contributed by atoms with van der Waals surface area (Å²) in [6.07, 6.45) is 3.51. The van der Waals surface area contributed by atoms with Crippen LogP contribution in [0.4, 0.5) is 5.82 Å². The Balaban J connectivity index is 1.53. The van der Waals surface area contributed by atoms with Crippen LogP contribution in [-0.2, 0) is 13.0 Å². The number of thiophene rings is 1. The highest BCUT2D eigenvalue weighted by molar-refractivity contribution is 7.18. The third-order valence-corrected chi connectivity index (χ3v) is 6.61. The van der Waals surface area contributed by atoms with Crippen molar-refractivity contribution in [1.82, 2.24) is 14.9 Å². The van der Waals surface area contributed by atoms with Gasteiger partial charge >= 0.3 is 0 Å². The zero-order valence-corrected chi connectivity index (χ0v) is 17.7. The number of aromatic nitrogens is 2. The summed E-state index contributed by atoms with van der Waals surface area (Å²) in [6.45, 7) is 8.35. The average Bonchev–Trinajstić information content (AvgIpc) is 3.30. The second-order valence-electron chi connectivity index (χ2n) is 7.46. The number of hydrogen-bond acceptors (Lipinski definition) is 6. The van der Waals surface area contributed by atoms with Gasteiger partial charge in [-0.1, -0.05) is 12.1 Å². The topological polar surface area (TPSA) is 50.3 Å². The third kappa shape index (κ3) is 4.13. The molecule has 1 aliphatic rings. The lowest BCUT2D eigenvalue weighted by molar-refractivity contribution is 0.323. The highest BCUT2D eigenvalue weighted by Crippen LogP contribution is 2.33. The maximum atomic E-state index is 5.24. The summed E-state index contributed by atoms with van der Waals surface area (Å²) in [7, 11) is 1.70. The lowest BCUT2D eigenvalue weighted by Crippen LogP contribution is -2.20. The molecule has 1 saturated heterocycles. The maximum Gasteiger partial charge on any atom is 0.146 e. The molecule has 0 aliphatic carbocycles. The molecule has 0 unspecified atom stereocenters. The number of hydrogen-bond donors (Lipinski definition) is 1. The van der Waals surface area contributed by atoms with Gasteiger partial charge in [-0.05, 0) is 69.5 Å². The van der Waals surface area contributed by atoms with Gasteiger partial charge in [0.2, 0.25) is 0 Å². The summed E-state index contributed by atoms with van der Waals surface area (Å²) in [4.78, 5) is 14.7. The summed E-state index contributed by atoms with van der Waals surface area (Å²) >= 11 is 1.78. The van der Waals surface area contributed by atoms with Gasteiger partial charge in [-0.25, -0.2) is 9.97 Å². The molecule has 1 fully saturated rings. The van der Waals surface area contributed by atoms with Gasteiger partial charge in [0.05, 0.1) is 19.0 Å². The van der Waals surface area contributed by atoms with Gasteiger partial charge in [0.25, 0.3) is 0 Å². The first kappa shape index (κ1) is 19.2. The second kappa shape index (κ2) is 8.45. The molecule has 0 saturated carbocycles. The number of ether oxygens (including phenoxy) is 1. The molecule has 6 heteroatoms. The maximum absolute atomic E-state index is 5.24. The standard InChI is InChI=1S/C22H28N4OS/c1-15-16(2)28-22-20(15)21(24-19(25-22)14-26-12-4-5-13-26)23-11-10-17-6-8-18(27-3)9-7-17/h6-9H,4-5,10-14H2,1-3H3,(H,23,24,25). The number of nitrogens with one attached hydrogen (secondary N) is 1. The Hall–Kier alpha value is -2.18. The van der Waals surface area contributed by atoms with Gasteiger partial charge in [0, 0.05) is 11.4 Å². The summed E-state index contributed by atoms with van der Waals surface area (Å²) in [5.74, 6) is 2.81. The Morgan fingerprint density at radius 3 is 2.57 bits per heavy atom. The molecule has 5 nitrogen and oxygen atoms in total. The molecule has 3 heterocycles. The summed E-state index contributed by atoms with van der Waals surface area (Å²) in [5.41, 5.74) is 2.58. The van der Waals surface area contributed by atoms with Crippen molar-refractivity contribution >= 4 is 27.4 Å². The minimum Gasteiger partial charge on any atom is -0.497 e. The number of rotatable bonds is 7. The normalized spacial score (nSPS) is 14.7. The highest BCUT2D eigenvalue weighted by Gasteiger charge is 2.18. The molecule has 1 N–H and O–H groups in total. The molecule has 28 heavy (non-hydrogen) atoms. The first-order chi connectivity index (χ1) is 13.6. The number of benzene rings is 1. The van der Waals surface area contributed by atoms with E-state index in [1.807, 2.05) is 12.1 Å². The summed E-state index contributed by atoms with van der Waals surface area (Å²) in [6, 6.07) is 8.27. The molecular formula is C22H28N4OS. The third-order valence-electron chi connectivity index (χ3n) is 5.50. The number of nitrogens with zero attached hydrogens (tertiary/aromatic N) is 3. The van der Waals surface area contributed by atoms with E-state index in [1.54, 1.807) is 18.4 Å². The van der Waals surface area contributed by atoms with Gasteiger partial charge in [0.1, 0.15) is 22.2 Å². The molecule has 0 amide bonds. The fraction of sp³-hybridized carbons (Fsp3) is 0.455. The van der Waals surface area contributed by atoms with E-state index in [-0.39, 0.29) is 0 Å². The van der Waals surface area contributed by atoms with Gasteiger partial charge in [-0.2, -0.15) is 0 Å². The first-order valence-corrected chi connectivity index (χ1v) is 10.8. The molecule has 1 aromatic carbocycles. The van der Waals surface area contributed by atoms with E-state index in [9.17, 15) is 0 Å². The van der Waals surface area contributed by atoms with Crippen molar-refractivity contribution in [3.05, 3.63) is 46.1 Å².